The Morgan fingerprint density at radius 2 is 1.81 bits per heavy atom. The van der Waals surface area contributed by atoms with Gasteiger partial charge in [-0.15, -0.1) is 0 Å². The summed E-state index contributed by atoms with van der Waals surface area (Å²) in [6.45, 7) is 3.90. The van der Waals surface area contributed by atoms with E-state index in [0.29, 0.717) is 11.1 Å². The smallest absolute Gasteiger partial charge is 0.192 e. The third-order valence-corrected chi connectivity index (χ3v) is 3.66. The lowest BCUT2D eigenvalue weighted by Gasteiger charge is -2.11. The molecule has 0 saturated carbocycles. The maximum absolute atomic E-state index is 12.4. The quantitative estimate of drug-likeness (QED) is 0.781. The normalized spacial score (nSPS) is 10.8. The number of hydrogen-bond donors (Lipinski definition) is 1. The fourth-order valence-corrected chi connectivity index (χ4v) is 2.49. The van der Waals surface area contributed by atoms with Gasteiger partial charge in [-0.25, -0.2) is 0 Å². The zero-order chi connectivity index (χ0) is 14.8. The number of para-hydroxylation sites is 2. The number of rotatable bonds is 3. The second-order valence-electron chi connectivity index (χ2n) is 5.01. The van der Waals surface area contributed by atoms with Crippen LogP contribution in [0.2, 0.25) is 0 Å². The molecule has 0 aliphatic heterocycles. The van der Waals surface area contributed by atoms with Gasteiger partial charge in [0, 0.05) is 16.6 Å². The Hall–Kier alpha value is -2.55. The highest BCUT2D eigenvalue weighted by Crippen LogP contribution is 2.27. The average Bonchev–Trinajstić information content (AvgIpc) is 2.52. The summed E-state index contributed by atoms with van der Waals surface area (Å²) in [5.41, 5.74) is 2.56. The zero-order valence-corrected chi connectivity index (χ0v) is 12.1. The van der Waals surface area contributed by atoms with Gasteiger partial charge in [0.1, 0.15) is 5.75 Å². The molecule has 0 spiro atoms. The Labute approximate surface area is 123 Å². The van der Waals surface area contributed by atoms with E-state index < -0.39 is 0 Å². The van der Waals surface area contributed by atoms with Gasteiger partial charge in [-0.2, -0.15) is 0 Å². The summed E-state index contributed by atoms with van der Waals surface area (Å²) in [5.74, 6) is 1.43. The van der Waals surface area contributed by atoms with Crippen molar-refractivity contribution in [2.45, 2.75) is 20.3 Å². The second kappa shape index (κ2) is 5.44. The lowest BCUT2D eigenvalue weighted by atomic mass is 10.1. The first kappa shape index (κ1) is 13.4. The van der Waals surface area contributed by atoms with Gasteiger partial charge in [0.2, 0.25) is 0 Å². The van der Waals surface area contributed by atoms with Gasteiger partial charge in [0.05, 0.1) is 5.52 Å². The first-order chi connectivity index (χ1) is 10.2. The third-order valence-electron chi connectivity index (χ3n) is 3.66. The second-order valence-corrected chi connectivity index (χ2v) is 5.01. The number of pyridine rings is 1. The highest BCUT2D eigenvalue weighted by Gasteiger charge is 2.11. The number of aryl methyl sites for hydroxylation is 1. The van der Waals surface area contributed by atoms with Crippen molar-refractivity contribution in [3.05, 3.63) is 70.0 Å². The van der Waals surface area contributed by atoms with E-state index in [0.717, 1.165) is 28.9 Å². The predicted octanol–water partition coefficient (Wildman–Crippen LogP) is 4.19. The first-order valence-corrected chi connectivity index (χ1v) is 7.08. The van der Waals surface area contributed by atoms with Gasteiger partial charge in [-0.3, -0.25) is 4.79 Å². The molecule has 3 nitrogen and oxygen atoms in total. The molecule has 0 unspecified atom stereocenters. The van der Waals surface area contributed by atoms with Gasteiger partial charge in [-0.1, -0.05) is 31.2 Å². The molecule has 1 N–H and O–H groups in total. The highest BCUT2D eigenvalue weighted by molar-refractivity contribution is 5.85. The van der Waals surface area contributed by atoms with Crippen molar-refractivity contribution >= 4 is 10.9 Å². The summed E-state index contributed by atoms with van der Waals surface area (Å²) in [6, 6.07) is 15.1. The number of H-pyrrole nitrogens is 1. The summed E-state index contributed by atoms with van der Waals surface area (Å²) in [7, 11) is 0. The van der Waals surface area contributed by atoms with Crippen LogP contribution in [0, 0.1) is 6.92 Å². The molecule has 1 aromatic heterocycles. The highest BCUT2D eigenvalue weighted by atomic mass is 16.5. The van der Waals surface area contributed by atoms with Crippen LogP contribution in [-0.4, -0.2) is 4.98 Å². The Morgan fingerprint density at radius 1 is 1.05 bits per heavy atom. The standard InChI is InChI=1S/C18H17NO2/c1-3-15-12(2)18(20)14-10-7-11-16(17(14)19-15)21-13-8-5-4-6-9-13/h4-11H,3H2,1-2H3,(H,19,20). The Kier molecular flexibility index (Phi) is 3.48. The van der Waals surface area contributed by atoms with Crippen LogP contribution in [0.15, 0.2) is 53.3 Å². The summed E-state index contributed by atoms with van der Waals surface area (Å²) >= 11 is 0. The van der Waals surface area contributed by atoms with E-state index in [1.54, 1.807) is 0 Å². The SMILES string of the molecule is CCc1[nH]c2c(Oc3ccccc3)cccc2c(=O)c1C. The van der Waals surface area contributed by atoms with Crippen LogP contribution >= 0.6 is 0 Å². The molecule has 0 saturated heterocycles. The monoisotopic (exact) mass is 279 g/mol. The molecule has 0 bridgehead atoms. The average molecular weight is 279 g/mol. The number of ether oxygens (including phenoxy) is 1. The minimum Gasteiger partial charge on any atom is -0.455 e. The van der Waals surface area contributed by atoms with Gasteiger partial charge in [0.15, 0.2) is 11.2 Å². The molecule has 0 atom stereocenters. The van der Waals surface area contributed by atoms with Crippen LogP contribution < -0.4 is 10.2 Å². The van der Waals surface area contributed by atoms with Crippen LogP contribution in [0.4, 0.5) is 0 Å². The van der Waals surface area contributed by atoms with Crippen molar-refractivity contribution in [1.29, 1.82) is 0 Å². The molecular formula is C18H17NO2. The van der Waals surface area contributed by atoms with Crippen molar-refractivity contribution in [2.24, 2.45) is 0 Å². The molecule has 0 amide bonds. The number of aromatic nitrogens is 1. The summed E-state index contributed by atoms with van der Waals surface area (Å²) in [6.07, 6.45) is 0.788. The molecule has 3 aromatic rings. The fourth-order valence-electron chi connectivity index (χ4n) is 2.49. The zero-order valence-electron chi connectivity index (χ0n) is 12.1. The molecule has 21 heavy (non-hydrogen) atoms. The Balaban J connectivity index is 2.20. The Bertz CT molecular complexity index is 835. The molecular weight excluding hydrogens is 262 g/mol. The number of nitrogens with one attached hydrogen (secondary N) is 1. The van der Waals surface area contributed by atoms with E-state index in [1.807, 2.05) is 62.4 Å². The first-order valence-electron chi connectivity index (χ1n) is 7.08. The lowest BCUT2D eigenvalue weighted by Crippen LogP contribution is -2.11. The van der Waals surface area contributed by atoms with Crippen molar-refractivity contribution in [2.75, 3.05) is 0 Å². The molecule has 3 rings (SSSR count). The predicted molar refractivity (Wildman–Crippen MR) is 85.2 cm³/mol. The summed E-state index contributed by atoms with van der Waals surface area (Å²) < 4.78 is 5.92. The van der Waals surface area contributed by atoms with Crippen molar-refractivity contribution in [1.82, 2.24) is 4.98 Å². The topological polar surface area (TPSA) is 42.1 Å². The fraction of sp³-hybridized carbons (Fsp3) is 0.167. The Morgan fingerprint density at radius 3 is 2.52 bits per heavy atom. The van der Waals surface area contributed by atoms with E-state index in [4.69, 9.17) is 4.74 Å². The van der Waals surface area contributed by atoms with E-state index in [1.165, 1.54) is 0 Å². The van der Waals surface area contributed by atoms with Crippen molar-refractivity contribution in [3.63, 3.8) is 0 Å². The van der Waals surface area contributed by atoms with Crippen LogP contribution in [0.1, 0.15) is 18.2 Å². The van der Waals surface area contributed by atoms with Crippen LogP contribution in [0.25, 0.3) is 10.9 Å². The minimum absolute atomic E-state index is 0.0686. The summed E-state index contributed by atoms with van der Waals surface area (Å²) in [4.78, 5) is 15.8. The summed E-state index contributed by atoms with van der Waals surface area (Å²) in [5, 5.41) is 0.665. The van der Waals surface area contributed by atoms with Gasteiger partial charge in [-0.05, 0) is 37.6 Å². The maximum atomic E-state index is 12.4. The minimum atomic E-state index is 0.0686. The molecule has 106 valence electrons. The van der Waals surface area contributed by atoms with Gasteiger partial charge in [0.25, 0.3) is 0 Å². The largest absolute Gasteiger partial charge is 0.455 e. The number of hydrogen-bond acceptors (Lipinski definition) is 2. The van der Waals surface area contributed by atoms with E-state index in [-0.39, 0.29) is 5.43 Å². The van der Waals surface area contributed by atoms with E-state index in [2.05, 4.69) is 4.98 Å². The van der Waals surface area contributed by atoms with Crippen LogP contribution in [0.5, 0.6) is 11.5 Å². The van der Waals surface area contributed by atoms with E-state index in [9.17, 15) is 4.79 Å². The molecule has 2 aromatic carbocycles. The van der Waals surface area contributed by atoms with E-state index >= 15 is 0 Å². The molecule has 0 fully saturated rings. The molecule has 0 aliphatic rings. The molecule has 1 heterocycles. The van der Waals surface area contributed by atoms with Crippen molar-refractivity contribution in [3.8, 4) is 11.5 Å². The van der Waals surface area contributed by atoms with Crippen LogP contribution in [-0.2, 0) is 6.42 Å². The number of benzene rings is 2. The third kappa shape index (κ3) is 2.42. The molecule has 0 aliphatic carbocycles. The van der Waals surface area contributed by atoms with Gasteiger partial charge < -0.3 is 9.72 Å². The van der Waals surface area contributed by atoms with Crippen LogP contribution in [0.3, 0.4) is 0 Å². The maximum Gasteiger partial charge on any atom is 0.192 e. The molecule has 3 heteroatoms. The molecule has 0 radical (unpaired) electrons. The lowest BCUT2D eigenvalue weighted by molar-refractivity contribution is 0.487. The van der Waals surface area contributed by atoms with Gasteiger partial charge >= 0.3 is 0 Å². The number of aromatic amines is 1. The number of fused-ring (bicyclic) bond motifs is 1. The van der Waals surface area contributed by atoms with Crippen molar-refractivity contribution < 1.29 is 4.74 Å².